The summed E-state index contributed by atoms with van der Waals surface area (Å²) in [7, 11) is 0. The van der Waals surface area contributed by atoms with Gasteiger partial charge < -0.3 is 9.64 Å². The Bertz CT molecular complexity index is 960. The Labute approximate surface area is 185 Å². The Morgan fingerprint density at radius 2 is 1.90 bits per heavy atom. The van der Waals surface area contributed by atoms with Crippen molar-refractivity contribution in [2.45, 2.75) is 45.4 Å². The Balaban J connectivity index is 1.33. The molecule has 1 aromatic carbocycles. The highest BCUT2D eigenvalue weighted by Gasteiger charge is 2.28. The first-order chi connectivity index (χ1) is 14.4. The van der Waals surface area contributed by atoms with E-state index in [2.05, 4.69) is 39.7 Å². The molecule has 3 heterocycles. The maximum absolute atomic E-state index is 12.8. The van der Waals surface area contributed by atoms with Crippen LogP contribution in [0.1, 0.15) is 26.7 Å². The monoisotopic (exact) mass is 476 g/mol. The van der Waals surface area contributed by atoms with Crippen LogP contribution >= 0.6 is 15.9 Å². The van der Waals surface area contributed by atoms with Gasteiger partial charge in [0.25, 0.3) is 5.56 Å². The summed E-state index contributed by atoms with van der Waals surface area (Å²) < 4.78 is 8.06. The summed E-state index contributed by atoms with van der Waals surface area (Å²) in [5.74, 6) is 0.592. The number of nitrogens with zero attached hydrogens (tertiary/aromatic N) is 4. The first kappa shape index (κ1) is 21.5. The number of rotatable bonds is 4. The summed E-state index contributed by atoms with van der Waals surface area (Å²) in [6.07, 6.45) is 4.05. The second kappa shape index (κ2) is 9.16. The molecule has 2 saturated heterocycles. The molecule has 1 aromatic heterocycles. The maximum atomic E-state index is 12.8. The van der Waals surface area contributed by atoms with Gasteiger partial charge in [0.2, 0.25) is 5.91 Å². The van der Waals surface area contributed by atoms with Crippen molar-refractivity contribution in [3.05, 3.63) is 39.4 Å². The number of benzene rings is 1. The SMILES string of the molecule is CC1CN(CC2CCN(C(=O)Cn3cnc4ccc(Br)cc4c3=O)CC2)CC(C)O1. The minimum absolute atomic E-state index is 0.0136. The van der Waals surface area contributed by atoms with Gasteiger partial charge in [-0.2, -0.15) is 0 Å². The highest BCUT2D eigenvalue weighted by Crippen LogP contribution is 2.21. The number of carbonyl (C=O) groups is 1. The van der Waals surface area contributed by atoms with Crippen molar-refractivity contribution < 1.29 is 9.53 Å². The first-order valence-electron chi connectivity index (χ1n) is 10.7. The normalized spacial score (nSPS) is 23.8. The van der Waals surface area contributed by atoms with Crippen LogP contribution in [-0.4, -0.2) is 70.2 Å². The molecule has 0 bridgehead atoms. The highest BCUT2D eigenvalue weighted by atomic mass is 79.9. The molecule has 0 N–H and O–H groups in total. The lowest BCUT2D eigenvalue weighted by Crippen LogP contribution is -2.49. The van der Waals surface area contributed by atoms with Crippen molar-refractivity contribution in [3.63, 3.8) is 0 Å². The molecule has 2 aromatic rings. The number of likely N-dealkylation sites (tertiary alicyclic amines) is 1. The first-order valence-corrected chi connectivity index (χ1v) is 11.5. The molecule has 0 spiro atoms. The molecule has 0 saturated carbocycles. The van der Waals surface area contributed by atoms with Gasteiger partial charge in [0.15, 0.2) is 0 Å². The highest BCUT2D eigenvalue weighted by molar-refractivity contribution is 9.10. The number of hydrogen-bond donors (Lipinski definition) is 0. The Morgan fingerprint density at radius 3 is 2.60 bits per heavy atom. The molecule has 2 unspecified atom stereocenters. The molecule has 4 rings (SSSR count). The van der Waals surface area contributed by atoms with Crippen LogP contribution in [-0.2, 0) is 16.1 Å². The summed E-state index contributed by atoms with van der Waals surface area (Å²) in [4.78, 5) is 34.3. The number of ether oxygens (including phenoxy) is 1. The van der Waals surface area contributed by atoms with E-state index < -0.39 is 0 Å². The van der Waals surface area contributed by atoms with Gasteiger partial charge >= 0.3 is 0 Å². The largest absolute Gasteiger partial charge is 0.373 e. The van der Waals surface area contributed by atoms with Gasteiger partial charge in [-0.25, -0.2) is 4.98 Å². The molecule has 8 heteroatoms. The van der Waals surface area contributed by atoms with Crippen LogP contribution in [0, 0.1) is 5.92 Å². The smallest absolute Gasteiger partial charge is 0.261 e. The molecule has 30 heavy (non-hydrogen) atoms. The van der Waals surface area contributed by atoms with E-state index in [1.807, 2.05) is 11.0 Å². The van der Waals surface area contributed by atoms with E-state index in [-0.39, 0.29) is 30.2 Å². The number of hydrogen-bond acceptors (Lipinski definition) is 5. The van der Waals surface area contributed by atoms with Crippen molar-refractivity contribution >= 4 is 32.7 Å². The summed E-state index contributed by atoms with van der Waals surface area (Å²) in [5.41, 5.74) is 0.458. The zero-order valence-corrected chi connectivity index (χ0v) is 19.2. The zero-order valence-electron chi connectivity index (χ0n) is 17.6. The molecular formula is C22H29BrN4O3. The van der Waals surface area contributed by atoms with Gasteiger partial charge in [0.1, 0.15) is 6.54 Å². The fraction of sp³-hybridized carbons (Fsp3) is 0.591. The van der Waals surface area contributed by atoms with E-state index >= 15 is 0 Å². The third-order valence-electron chi connectivity index (χ3n) is 6.07. The number of aromatic nitrogens is 2. The predicted molar refractivity (Wildman–Crippen MR) is 119 cm³/mol. The minimum Gasteiger partial charge on any atom is -0.373 e. The quantitative estimate of drug-likeness (QED) is 0.677. The maximum Gasteiger partial charge on any atom is 0.261 e. The number of fused-ring (bicyclic) bond motifs is 1. The summed E-state index contributed by atoms with van der Waals surface area (Å²) in [5, 5.41) is 0.521. The second-order valence-corrected chi connectivity index (χ2v) is 9.55. The molecule has 2 aliphatic rings. The van der Waals surface area contributed by atoms with Crippen molar-refractivity contribution in [2.75, 3.05) is 32.7 Å². The van der Waals surface area contributed by atoms with Crippen LogP contribution < -0.4 is 5.56 Å². The average Bonchev–Trinajstić information content (AvgIpc) is 2.70. The Kier molecular flexibility index (Phi) is 6.55. The van der Waals surface area contributed by atoms with Crippen LogP contribution in [0.4, 0.5) is 0 Å². The Hall–Kier alpha value is -1.77. The van der Waals surface area contributed by atoms with E-state index in [4.69, 9.17) is 4.74 Å². The molecule has 2 atom stereocenters. The van der Waals surface area contributed by atoms with Gasteiger partial charge in [-0.15, -0.1) is 0 Å². The standard InChI is InChI=1S/C22H29BrN4O3/c1-15-10-25(11-16(2)30-15)12-17-5-7-26(8-6-17)21(28)13-27-14-24-20-4-3-18(23)9-19(20)22(27)29/h3-4,9,14-17H,5-8,10-13H2,1-2H3. The van der Waals surface area contributed by atoms with Gasteiger partial charge in [-0.1, -0.05) is 15.9 Å². The van der Waals surface area contributed by atoms with Crippen LogP contribution in [0.2, 0.25) is 0 Å². The number of amides is 1. The van der Waals surface area contributed by atoms with Crippen LogP contribution in [0.3, 0.4) is 0 Å². The van der Waals surface area contributed by atoms with Crippen molar-refractivity contribution in [1.29, 1.82) is 0 Å². The van der Waals surface area contributed by atoms with E-state index in [0.29, 0.717) is 16.8 Å². The van der Waals surface area contributed by atoms with E-state index in [1.165, 1.54) is 10.9 Å². The lowest BCUT2D eigenvalue weighted by atomic mass is 9.95. The molecule has 7 nitrogen and oxygen atoms in total. The average molecular weight is 477 g/mol. The summed E-state index contributed by atoms with van der Waals surface area (Å²) >= 11 is 3.39. The number of morpholine rings is 1. The van der Waals surface area contributed by atoms with Gasteiger partial charge in [-0.05, 0) is 50.8 Å². The summed E-state index contributed by atoms with van der Waals surface area (Å²) in [6.45, 7) is 8.84. The summed E-state index contributed by atoms with van der Waals surface area (Å²) in [6, 6.07) is 5.41. The number of piperidine rings is 1. The van der Waals surface area contributed by atoms with E-state index in [1.54, 1.807) is 12.1 Å². The van der Waals surface area contributed by atoms with Gasteiger partial charge in [-0.3, -0.25) is 19.1 Å². The molecule has 1 amide bonds. The van der Waals surface area contributed by atoms with Crippen LogP contribution in [0.25, 0.3) is 10.9 Å². The number of carbonyl (C=O) groups excluding carboxylic acids is 1. The van der Waals surface area contributed by atoms with Crippen LogP contribution in [0.15, 0.2) is 33.8 Å². The molecule has 162 valence electrons. The van der Waals surface area contributed by atoms with E-state index in [0.717, 1.165) is 50.0 Å². The Morgan fingerprint density at radius 1 is 1.20 bits per heavy atom. The predicted octanol–water partition coefficient (Wildman–Crippen LogP) is 2.51. The van der Waals surface area contributed by atoms with Gasteiger partial charge in [0, 0.05) is 37.2 Å². The zero-order chi connectivity index (χ0) is 21.3. The van der Waals surface area contributed by atoms with Gasteiger partial charge in [0.05, 0.1) is 29.4 Å². The molecule has 2 aliphatic heterocycles. The van der Waals surface area contributed by atoms with Crippen molar-refractivity contribution in [3.8, 4) is 0 Å². The third-order valence-corrected chi connectivity index (χ3v) is 6.56. The molecule has 2 fully saturated rings. The van der Waals surface area contributed by atoms with Crippen molar-refractivity contribution in [1.82, 2.24) is 19.4 Å². The fourth-order valence-electron chi connectivity index (χ4n) is 4.65. The number of halogens is 1. The lowest BCUT2D eigenvalue weighted by molar-refractivity contribution is -0.133. The second-order valence-electron chi connectivity index (χ2n) is 8.64. The molecule has 0 radical (unpaired) electrons. The third kappa shape index (κ3) is 4.92. The lowest BCUT2D eigenvalue weighted by Gasteiger charge is -2.39. The minimum atomic E-state index is -0.180. The van der Waals surface area contributed by atoms with Crippen LogP contribution in [0.5, 0.6) is 0 Å². The van der Waals surface area contributed by atoms with Crippen molar-refractivity contribution in [2.24, 2.45) is 5.92 Å². The fourth-order valence-corrected chi connectivity index (χ4v) is 5.01. The molecule has 0 aliphatic carbocycles. The topological polar surface area (TPSA) is 67.7 Å². The molecular weight excluding hydrogens is 448 g/mol. The van der Waals surface area contributed by atoms with E-state index in [9.17, 15) is 9.59 Å².